The van der Waals surface area contributed by atoms with Crippen molar-refractivity contribution in [1.82, 2.24) is 24.1 Å². The van der Waals surface area contributed by atoms with Crippen LogP contribution in [0.15, 0.2) is 48.9 Å². The molecule has 0 radical (unpaired) electrons. The fourth-order valence-electron chi connectivity index (χ4n) is 3.26. The summed E-state index contributed by atoms with van der Waals surface area (Å²) in [4.78, 5) is 10.7. The number of nitrogens with zero attached hydrogens (tertiary/aromatic N) is 6. The van der Waals surface area contributed by atoms with E-state index in [0.29, 0.717) is 37.0 Å². The first-order valence-electron chi connectivity index (χ1n) is 9.23. The van der Waals surface area contributed by atoms with Gasteiger partial charge in [-0.25, -0.2) is 23.1 Å². The second kappa shape index (κ2) is 8.10. The van der Waals surface area contributed by atoms with Crippen molar-refractivity contribution in [3.8, 4) is 5.82 Å². The predicted molar refractivity (Wildman–Crippen MR) is 112 cm³/mol. The highest BCUT2D eigenvalue weighted by Crippen LogP contribution is 2.19. The van der Waals surface area contributed by atoms with Gasteiger partial charge < -0.3 is 4.90 Å². The summed E-state index contributed by atoms with van der Waals surface area (Å²) in [6.07, 6.45) is 3.36. The Labute approximate surface area is 174 Å². The minimum Gasteiger partial charge on any atom is -0.354 e. The molecule has 0 unspecified atom stereocenters. The molecule has 8 nitrogen and oxygen atoms in total. The van der Waals surface area contributed by atoms with Crippen molar-refractivity contribution in [2.45, 2.75) is 12.7 Å². The first-order chi connectivity index (χ1) is 13.9. The molecule has 0 spiro atoms. The first kappa shape index (κ1) is 19.8. The minimum atomic E-state index is -3.39. The largest absolute Gasteiger partial charge is 0.354 e. The summed E-state index contributed by atoms with van der Waals surface area (Å²) < 4.78 is 28.8. The van der Waals surface area contributed by atoms with E-state index in [1.165, 1.54) is 10.6 Å². The Morgan fingerprint density at radius 2 is 1.69 bits per heavy atom. The van der Waals surface area contributed by atoms with Gasteiger partial charge in [0.1, 0.15) is 12.1 Å². The third-order valence-corrected chi connectivity index (χ3v) is 6.92. The van der Waals surface area contributed by atoms with E-state index >= 15 is 0 Å². The number of halogens is 1. The van der Waals surface area contributed by atoms with E-state index in [-0.39, 0.29) is 5.75 Å². The van der Waals surface area contributed by atoms with Crippen LogP contribution in [0.3, 0.4) is 0 Å². The molecule has 0 atom stereocenters. The summed E-state index contributed by atoms with van der Waals surface area (Å²) in [6, 6.07) is 10.7. The molecule has 3 heterocycles. The lowest BCUT2D eigenvalue weighted by molar-refractivity contribution is 0.383. The van der Waals surface area contributed by atoms with Crippen LogP contribution in [-0.4, -0.2) is 58.7 Å². The average molecular weight is 433 g/mol. The van der Waals surface area contributed by atoms with Crippen LogP contribution in [-0.2, 0) is 15.8 Å². The van der Waals surface area contributed by atoms with Crippen LogP contribution in [0.5, 0.6) is 0 Å². The molecule has 1 aliphatic rings. The van der Waals surface area contributed by atoms with Crippen molar-refractivity contribution in [1.29, 1.82) is 0 Å². The van der Waals surface area contributed by atoms with Gasteiger partial charge in [0.25, 0.3) is 0 Å². The highest BCUT2D eigenvalue weighted by Gasteiger charge is 2.27. The Hall–Kier alpha value is -2.49. The number of aromatic nitrogens is 4. The van der Waals surface area contributed by atoms with Gasteiger partial charge in [0.15, 0.2) is 5.82 Å². The van der Waals surface area contributed by atoms with E-state index in [1.54, 1.807) is 28.9 Å². The molecule has 4 rings (SSSR count). The number of benzene rings is 1. The Morgan fingerprint density at radius 1 is 1.00 bits per heavy atom. The van der Waals surface area contributed by atoms with E-state index in [2.05, 4.69) is 20.0 Å². The summed E-state index contributed by atoms with van der Waals surface area (Å²) in [6.45, 7) is 3.87. The molecule has 0 amide bonds. The second-order valence-corrected chi connectivity index (χ2v) is 9.31. The minimum absolute atomic E-state index is 0.0273. The smallest absolute Gasteiger partial charge is 0.218 e. The second-order valence-electron chi connectivity index (χ2n) is 6.90. The van der Waals surface area contributed by atoms with Crippen molar-refractivity contribution in [2.75, 3.05) is 31.1 Å². The number of hydrogen-bond donors (Lipinski definition) is 0. The van der Waals surface area contributed by atoms with Gasteiger partial charge >= 0.3 is 0 Å². The first-order valence-corrected chi connectivity index (χ1v) is 11.2. The Balaban J connectivity index is 1.42. The zero-order chi connectivity index (χ0) is 20.4. The molecule has 1 aromatic carbocycles. The van der Waals surface area contributed by atoms with Crippen molar-refractivity contribution in [3.05, 3.63) is 65.2 Å². The van der Waals surface area contributed by atoms with E-state index in [0.717, 1.165) is 17.1 Å². The Kier molecular flexibility index (Phi) is 5.53. The number of rotatable bonds is 5. The van der Waals surface area contributed by atoms with Crippen LogP contribution in [0.1, 0.15) is 11.3 Å². The fourth-order valence-corrected chi connectivity index (χ4v) is 4.90. The molecule has 0 N–H and O–H groups in total. The van der Waals surface area contributed by atoms with Crippen LogP contribution in [0.2, 0.25) is 5.02 Å². The molecule has 0 bridgehead atoms. The topological polar surface area (TPSA) is 84.2 Å². The van der Waals surface area contributed by atoms with Gasteiger partial charge in [-0.1, -0.05) is 23.7 Å². The number of anilines is 1. The molecule has 1 fully saturated rings. The maximum Gasteiger partial charge on any atom is 0.218 e. The van der Waals surface area contributed by atoms with Crippen LogP contribution in [0, 0.1) is 6.92 Å². The Bertz CT molecular complexity index is 1090. The lowest BCUT2D eigenvalue weighted by atomic mass is 10.2. The lowest BCUT2D eigenvalue weighted by Crippen LogP contribution is -2.49. The highest BCUT2D eigenvalue weighted by atomic mass is 35.5. The third kappa shape index (κ3) is 4.58. The van der Waals surface area contributed by atoms with Gasteiger partial charge in [-0.05, 0) is 30.7 Å². The fraction of sp³-hybridized carbons (Fsp3) is 0.316. The van der Waals surface area contributed by atoms with Gasteiger partial charge in [0, 0.05) is 43.5 Å². The summed E-state index contributed by atoms with van der Waals surface area (Å²) >= 11 is 5.88. The van der Waals surface area contributed by atoms with Crippen molar-refractivity contribution in [3.63, 3.8) is 0 Å². The van der Waals surface area contributed by atoms with Crippen LogP contribution < -0.4 is 4.90 Å². The maximum absolute atomic E-state index is 12.8. The number of hydrogen-bond acceptors (Lipinski definition) is 6. The van der Waals surface area contributed by atoms with Crippen molar-refractivity contribution in [2.24, 2.45) is 0 Å². The van der Waals surface area contributed by atoms with Crippen molar-refractivity contribution < 1.29 is 8.42 Å². The highest BCUT2D eigenvalue weighted by molar-refractivity contribution is 7.88. The van der Waals surface area contributed by atoms with E-state index in [1.807, 2.05) is 25.3 Å². The molecule has 1 aliphatic heterocycles. The van der Waals surface area contributed by atoms with E-state index in [4.69, 9.17) is 11.6 Å². The zero-order valence-corrected chi connectivity index (χ0v) is 17.5. The summed E-state index contributed by atoms with van der Waals surface area (Å²) in [5, 5.41) is 4.96. The standard InChI is InChI=1S/C19H21ClN6O2S/c1-15-6-7-26(23-15)19-12-18(21-14-22-19)24-8-10-25(11-9-24)29(27,28)13-16-2-4-17(20)5-3-16/h2-7,12,14H,8-11,13H2,1H3. The molecular weight excluding hydrogens is 412 g/mol. The van der Waals surface area contributed by atoms with Gasteiger partial charge in [-0.3, -0.25) is 0 Å². The van der Waals surface area contributed by atoms with Gasteiger partial charge in [0.05, 0.1) is 11.4 Å². The van der Waals surface area contributed by atoms with Crippen LogP contribution >= 0.6 is 11.6 Å². The summed E-state index contributed by atoms with van der Waals surface area (Å²) in [7, 11) is -3.39. The monoisotopic (exact) mass is 432 g/mol. The van der Waals surface area contributed by atoms with Gasteiger partial charge in [-0.15, -0.1) is 0 Å². The Morgan fingerprint density at radius 3 is 2.34 bits per heavy atom. The normalized spacial score (nSPS) is 15.6. The van der Waals surface area contributed by atoms with Gasteiger partial charge in [-0.2, -0.15) is 9.40 Å². The third-order valence-electron chi connectivity index (χ3n) is 4.81. The van der Waals surface area contributed by atoms with E-state index < -0.39 is 10.0 Å². The molecule has 0 aliphatic carbocycles. The maximum atomic E-state index is 12.8. The van der Waals surface area contributed by atoms with Gasteiger partial charge in [0.2, 0.25) is 10.0 Å². The summed E-state index contributed by atoms with van der Waals surface area (Å²) in [5.74, 6) is 1.42. The lowest BCUT2D eigenvalue weighted by Gasteiger charge is -2.34. The molecule has 10 heteroatoms. The molecule has 0 saturated carbocycles. The average Bonchev–Trinajstić information content (AvgIpc) is 3.16. The number of piperazine rings is 1. The molecule has 1 saturated heterocycles. The zero-order valence-electron chi connectivity index (χ0n) is 15.9. The molecular formula is C19H21ClN6O2S. The molecule has 29 heavy (non-hydrogen) atoms. The van der Waals surface area contributed by atoms with Crippen LogP contribution in [0.25, 0.3) is 5.82 Å². The molecule has 152 valence electrons. The predicted octanol–water partition coefficient (Wildman–Crippen LogP) is 2.28. The van der Waals surface area contributed by atoms with Crippen molar-refractivity contribution >= 4 is 27.4 Å². The SMILES string of the molecule is Cc1ccn(-c2cc(N3CCN(S(=O)(=O)Cc4ccc(Cl)cc4)CC3)ncn2)n1. The van der Waals surface area contributed by atoms with E-state index in [9.17, 15) is 8.42 Å². The number of aryl methyl sites for hydroxylation is 1. The number of sulfonamides is 1. The quantitative estimate of drug-likeness (QED) is 0.615. The summed E-state index contributed by atoms with van der Waals surface area (Å²) in [5.41, 5.74) is 1.64. The molecule has 3 aromatic rings. The molecule has 2 aromatic heterocycles. The van der Waals surface area contributed by atoms with Crippen LogP contribution in [0.4, 0.5) is 5.82 Å².